The molecule has 0 aliphatic carbocycles. The molecule has 0 spiro atoms. The molecule has 5 heteroatoms. The first-order chi connectivity index (χ1) is 9.26. The SMILES string of the molecule is CC(C)CC(C)(CN)NS(=O)(=O)CCc1ccccc1. The lowest BCUT2D eigenvalue weighted by Crippen LogP contribution is -2.52. The first-order valence-electron chi connectivity index (χ1n) is 7.02. The first kappa shape index (κ1) is 17.1. The van der Waals surface area contributed by atoms with Crippen LogP contribution >= 0.6 is 0 Å². The second-order valence-electron chi connectivity index (χ2n) is 6.02. The zero-order chi connectivity index (χ0) is 15.2. The normalized spacial score (nSPS) is 15.2. The van der Waals surface area contributed by atoms with Gasteiger partial charge in [-0.3, -0.25) is 0 Å². The molecule has 0 radical (unpaired) electrons. The van der Waals surface area contributed by atoms with E-state index in [-0.39, 0.29) is 5.75 Å². The zero-order valence-electron chi connectivity index (χ0n) is 12.6. The third-order valence-corrected chi connectivity index (χ3v) is 4.76. The van der Waals surface area contributed by atoms with E-state index in [1.807, 2.05) is 37.3 Å². The molecular formula is C15H26N2O2S. The predicted molar refractivity (Wildman–Crippen MR) is 84.0 cm³/mol. The summed E-state index contributed by atoms with van der Waals surface area (Å²) in [4.78, 5) is 0. The van der Waals surface area contributed by atoms with Crippen molar-refractivity contribution in [1.29, 1.82) is 0 Å². The summed E-state index contributed by atoms with van der Waals surface area (Å²) in [5.74, 6) is 0.477. The van der Waals surface area contributed by atoms with E-state index < -0.39 is 15.6 Å². The minimum atomic E-state index is -3.33. The maximum absolute atomic E-state index is 12.2. The van der Waals surface area contributed by atoms with Crippen molar-refractivity contribution >= 4 is 10.0 Å². The van der Waals surface area contributed by atoms with Gasteiger partial charge < -0.3 is 5.73 Å². The third kappa shape index (κ3) is 6.03. The second-order valence-corrected chi connectivity index (χ2v) is 7.86. The van der Waals surface area contributed by atoms with Gasteiger partial charge in [0.2, 0.25) is 10.0 Å². The van der Waals surface area contributed by atoms with Crippen LogP contribution in [0.3, 0.4) is 0 Å². The summed E-state index contributed by atoms with van der Waals surface area (Å²) in [6.45, 7) is 6.29. The number of aryl methyl sites for hydroxylation is 1. The maximum atomic E-state index is 12.2. The Balaban J connectivity index is 2.64. The van der Waals surface area contributed by atoms with Gasteiger partial charge in [0.05, 0.1) is 5.75 Å². The quantitative estimate of drug-likeness (QED) is 0.770. The highest BCUT2D eigenvalue weighted by Crippen LogP contribution is 2.16. The van der Waals surface area contributed by atoms with Crippen LogP contribution in [-0.2, 0) is 16.4 Å². The topological polar surface area (TPSA) is 72.2 Å². The number of sulfonamides is 1. The average Bonchev–Trinajstić information content (AvgIpc) is 2.36. The second kappa shape index (κ2) is 7.20. The Morgan fingerprint density at radius 3 is 2.35 bits per heavy atom. The molecule has 0 saturated carbocycles. The number of hydrogen-bond acceptors (Lipinski definition) is 3. The van der Waals surface area contributed by atoms with Crippen molar-refractivity contribution in [2.24, 2.45) is 11.7 Å². The minimum Gasteiger partial charge on any atom is -0.329 e. The van der Waals surface area contributed by atoms with Crippen molar-refractivity contribution in [3.63, 3.8) is 0 Å². The molecule has 0 aliphatic heterocycles. The lowest BCUT2D eigenvalue weighted by atomic mass is 9.92. The summed E-state index contributed by atoms with van der Waals surface area (Å²) >= 11 is 0. The van der Waals surface area contributed by atoms with Crippen LogP contribution in [0.4, 0.5) is 0 Å². The van der Waals surface area contributed by atoms with Gasteiger partial charge in [0.25, 0.3) is 0 Å². The summed E-state index contributed by atoms with van der Waals surface area (Å²) in [5, 5.41) is 0. The van der Waals surface area contributed by atoms with Crippen molar-refractivity contribution in [3.8, 4) is 0 Å². The molecule has 0 saturated heterocycles. The number of hydrogen-bond donors (Lipinski definition) is 2. The van der Waals surface area contributed by atoms with Crippen LogP contribution in [0.5, 0.6) is 0 Å². The zero-order valence-corrected chi connectivity index (χ0v) is 13.4. The van der Waals surface area contributed by atoms with Crippen LogP contribution in [0, 0.1) is 5.92 Å². The molecule has 20 heavy (non-hydrogen) atoms. The van der Waals surface area contributed by atoms with Crippen LogP contribution in [0.15, 0.2) is 30.3 Å². The van der Waals surface area contributed by atoms with E-state index in [0.29, 0.717) is 18.9 Å². The molecule has 1 atom stereocenters. The van der Waals surface area contributed by atoms with E-state index in [2.05, 4.69) is 18.6 Å². The van der Waals surface area contributed by atoms with E-state index in [9.17, 15) is 8.42 Å². The van der Waals surface area contributed by atoms with Gasteiger partial charge in [0.15, 0.2) is 0 Å². The van der Waals surface area contributed by atoms with Gasteiger partial charge in [-0.25, -0.2) is 13.1 Å². The van der Waals surface area contributed by atoms with Crippen LogP contribution in [-0.4, -0.2) is 26.3 Å². The molecule has 0 aromatic heterocycles. The monoisotopic (exact) mass is 298 g/mol. The Kier molecular flexibility index (Phi) is 6.17. The number of benzene rings is 1. The van der Waals surface area contributed by atoms with E-state index >= 15 is 0 Å². The van der Waals surface area contributed by atoms with E-state index in [1.54, 1.807) is 0 Å². The smallest absolute Gasteiger partial charge is 0.212 e. The highest BCUT2D eigenvalue weighted by atomic mass is 32.2. The Labute approximate surface area is 122 Å². The van der Waals surface area contributed by atoms with Crippen LogP contribution in [0.2, 0.25) is 0 Å². The van der Waals surface area contributed by atoms with Crippen molar-refractivity contribution in [1.82, 2.24) is 4.72 Å². The van der Waals surface area contributed by atoms with Crippen LogP contribution in [0.25, 0.3) is 0 Å². The largest absolute Gasteiger partial charge is 0.329 e. The number of rotatable bonds is 8. The number of nitrogens with two attached hydrogens (primary N) is 1. The van der Waals surface area contributed by atoms with Gasteiger partial charge in [0.1, 0.15) is 0 Å². The van der Waals surface area contributed by atoms with Gasteiger partial charge in [-0.15, -0.1) is 0 Å². The minimum absolute atomic E-state index is 0.0880. The van der Waals surface area contributed by atoms with E-state index in [0.717, 1.165) is 12.0 Å². The molecule has 1 unspecified atom stereocenters. The molecule has 4 nitrogen and oxygen atoms in total. The summed E-state index contributed by atoms with van der Waals surface area (Å²) in [5.41, 5.74) is 6.20. The molecule has 0 heterocycles. The highest BCUT2D eigenvalue weighted by molar-refractivity contribution is 7.89. The van der Waals surface area contributed by atoms with Crippen molar-refractivity contribution < 1.29 is 8.42 Å². The molecule has 1 aromatic rings. The van der Waals surface area contributed by atoms with E-state index in [4.69, 9.17) is 5.73 Å². The van der Waals surface area contributed by atoms with Gasteiger partial charge in [-0.1, -0.05) is 44.2 Å². The average molecular weight is 298 g/mol. The standard InChI is InChI=1S/C15H26N2O2S/c1-13(2)11-15(3,12-16)17-20(18,19)10-9-14-7-5-4-6-8-14/h4-8,13,17H,9-12,16H2,1-3H3. The van der Waals surface area contributed by atoms with Gasteiger partial charge in [-0.2, -0.15) is 0 Å². The fourth-order valence-corrected chi connectivity index (χ4v) is 3.92. The fourth-order valence-electron chi connectivity index (χ4n) is 2.39. The summed E-state index contributed by atoms with van der Waals surface area (Å²) in [6, 6.07) is 9.62. The third-order valence-electron chi connectivity index (χ3n) is 3.21. The fraction of sp³-hybridized carbons (Fsp3) is 0.600. The highest BCUT2D eigenvalue weighted by Gasteiger charge is 2.28. The Morgan fingerprint density at radius 2 is 1.85 bits per heavy atom. The van der Waals surface area contributed by atoms with Gasteiger partial charge in [-0.05, 0) is 31.2 Å². The van der Waals surface area contributed by atoms with Gasteiger partial charge in [0, 0.05) is 12.1 Å². The lowest BCUT2D eigenvalue weighted by Gasteiger charge is -2.30. The first-order valence-corrected chi connectivity index (χ1v) is 8.67. The Morgan fingerprint density at radius 1 is 1.25 bits per heavy atom. The van der Waals surface area contributed by atoms with Crippen molar-refractivity contribution in [2.45, 2.75) is 39.2 Å². The number of nitrogens with one attached hydrogen (secondary N) is 1. The Bertz CT molecular complexity index is 500. The molecule has 1 aromatic carbocycles. The molecule has 0 amide bonds. The van der Waals surface area contributed by atoms with Crippen molar-refractivity contribution in [3.05, 3.63) is 35.9 Å². The van der Waals surface area contributed by atoms with Crippen LogP contribution < -0.4 is 10.5 Å². The summed E-state index contributed by atoms with van der Waals surface area (Å²) in [6.07, 6.45) is 1.24. The predicted octanol–water partition coefficient (Wildman–Crippen LogP) is 1.91. The lowest BCUT2D eigenvalue weighted by molar-refractivity contribution is 0.344. The molecular weight excluding hydrogens is 272 g/mol. The maximum Gasteiger partial charge on any atom is 0.212 e. The molecule has 0 aliphatic rings. The summed E-state index contributed by atoms with van der Waals surface area (Å²) < 4.78 is 27.2. The van der Waals surface area contributed by atoms with Gasteiger partial charge >= 0.3 is 0 Å². The molecule has 1 rings (SSSR count). The Hall–Kier alpha value is -0.910. The van der Waals surface area contributed by atoms with Crippen molar-refractivity contribution in [2.75, 3.05) is 12.3 Å². The molecule has 114 valence electrons. The van der Waals surface area contributed by atoms with E-state index in [1.165, 1.54) is 0 Å². The summed E-state index contributed by atoms with van der Waals surface area (Å²) in [7, 11) is -3.33. The molecule has 0 fully saturated rings. The molecule has 3 N–H and O–H groups in total. The molecule has 0 bridgehead atoms. The van der Waals surface area contributed by atoms with Crippen LogP contribution in [0.1, 0.15) is 32.8 Å².